The minimum atomic E-state index is -0.435. The Hall–Kier alpha value is -4.13. The van der Waals surface area contributed by atoms with Gasteiger partial charge in [0, 0.05) is 22.7 Å². The molecule has 0 unspecified atom stereocenters. The number of hydrogen-bond acceptors (Lipinski definition) is 5. The third-order valence-corrected chi connectivity index (χ3v) is 5.15. The summed E-state index contributed by atoms with van der Waals surface area (Å²) >= 11 is 0. The van der Waals surface area contributed by atoms with Gasteiger partial charge < -0.3 is 5.73 Å². The van der Waals surface area contributed by atoms with Gasteiger partial charge in [-0.2, -0.15) is 0 Å². The van der Waals surface area contributed by atoms with Crippen LogP contribution < -0.4 is 5.73 Å². The second-order valence-corrected chi connectivity index (χ2v) is 7.21. The summed E-state index contributed by atoms with van der Waals surface area (Å²) < 4.78 is 1.79. The Kier molecular flexibility index (Phi) is 4.21. The van der Waals surface area contributed by atoms with Crippen LogP contribution in [0.15, 0.2) is 66.9 Å². The number of amides is 1. The molecule has 30 heavy (non-hydrogen) atoms. The van der Waals surface area contributed by atoms with Crippen LogP contribution in [0, 0.1) is 6.92 Å². The minimum Gasteiger partial charge on any atom is -0.366 e. The highest BCUT2D eigenvalue weighted by Crippen LogP contribution is 2.23. The van der Waals surface area contributed by atoms with Gasteiger partial charge in [-0.3, -0.25) is 9.78 Å². The van der Waals surface area contributed by atoms with Gasteiger partial charge in [0.25, 0.3) is 0 Å². The van der Waals surface area contributed by atoms with Crippen LogP contribution >= 0.6 is 0 Å². The van der Waals surface area contributed by atoms with Gasteiger partial charge in [0.15, 0.2) is 5.65 Å². The molecule has 0 saturated heterocycles. The summed E-state index contributed by atoms with van der Waals surface area (Å²) in [5, 5.41) is 9.61. The number of rotatable bonds is 4. The molecule has 7 nitrogen and oxygen atoms in total. The predicted octanol–water partition coefficient (Wildman–Crippen LogP) is 3.50. The molecule has 0 fully saturated rings. The summed E-state index contributed by atoms with van der Waals surface area (Å²) in [6.07, 6.45) is 1.79. The van der Waals surface area contributed by atoms with Crippen molar-refractivity contribution in [1.29, 1.82) is 0 Å². The van der Waals surface area contributed by atoms with Gasteiger partial charge in [-0.1, -0.05) is 23.4 Å². The molecule has 0 spiro atoms. The smallest absolute Gasteiger partial charge is 0.248 e. The minimum absolute atomic E-state index is 0.435. The number of benzene rings is 2. The fourth-order valence-electron chi connectivity index (χ4n) is 3.62. The van der Waals surface area contributed by atoms with Gasteiger partial charge in [0.05, 0.1) is 17.8 Å². The first kappa shape index (κ1) is 17.9. The molecular weight excluding hydrogens is 376 g/mol. The van der Waals surface area contributed by atoms with E-state index in [1.807, 2.05) is 55.5 Å². The van der Waals surface area contributed by atoms with Crippen LogP contribution in [0.4, 0.5) is 0 Å². The molecule has 2 aromatic carbocycles. The van der Waals surface area contributed by atoms with Crippen molar-refractivity contribution in [1.82, 2.24) is 25.0 Å². The van der Waals surface area contributed by atoms with Crippen molar-refractivity contribution in [2.45, 2.75) is 13.5 Å². The number of aromatic nitrogens is 5. The first-order valence-electron chi connectivity index (χ1n) is 9.53. The van der Waals surface area contributed by atoms with Gasteiger partial charge in [-0.15, -0.1) is 5.10 Å². The van der Waals surface area contributed by atoms with Crippen molar-refractivity contribution in [3.05, 3.63) is 83.6 Å². The Morgan fingerprint density at radius 2 is 1.90 bits per heavy atom. The lowest BCUT2D eigenvalue weighted by atomic mass is 10.0. The number of primary amides is 1. The average molecular weight is 394 g/mol. The van der Waals surface area contributed by atoms with Gasteiger partial charge in [0.1, 0.15) is 5.52 Å². The Morgan fingerprint density at radius 3 is 2.73 bits per heavy atom. The molecule has 0 aliphatic rings. The third-order valence-electron chi connectivity index (χ3n) is 5.15. The Labute approximate surface area is 172 Å². The van der Waals surface area contributed by atoms with Crippen LogP contribution in [-0.2, 0) is 6.54 Å². The van der Waals surface area contributed by atoms with E-state index in [0.717, 1.165) is 38.8 Å². The Bertz CT molecular complexity index is 1420. The maximum Gasteiger partial charge on any atom is 0.248 e. The van der Waals surface area contributed by atoms with Crippen molar-refractivity contribution in [2.24, 2.45) is 5.73 Å². The van der Waals surface area contributed by atoms with Gasteiger partial charge in [-0.25, -0.2) is 9.67 Å². The molecule has 0 atom stereocenters. The van der Waals surface area contributed by atoms with Gasteiger partial charge >= 0.3 is 0 Å². The summed E-state index contributed by atoms with van der Waals surface area (Å²) in [4.78, 5) is 20.6. The standard InChI is InChI=1S/C23H18N6O/c1-14-11-17(5-6-18(14)22(24)30)20-8-9-21-23(26-20)29(28-27-21)13-15-4-7-19-16(12-15)3-2-10-25-19/h2-12H,13H2,1H3,(H2,24,30). The fourth-order valence-corrected chi connectivity index (χ4v) is 3.62. The Morgan fingerprint density at radius 1 is 1.03 bits per heavy atom. The summed E-state index contributed by atoms with van der Waals surface area (Å²) in [5.41, 5.74) is 11.9. The maximum atomic E-state index is 11.5. The van der Waals surface area contributed by atoms with E-state index in [0.29, 0.717) is 17.8 Å². The van der Waals surface area contributed by atoms with Crippen molar-refractivity contribution in [3.8, 4) is 11.3 Å². The number of hydrogen-bond donors (Lipinski definition) is 1. The molecule has 0 radical (unpaired) electrons. The molecular formula is C23H18N6O. The number of pyridine rings is 2. The molecule has 0 saturated carbocycles. The summed E-state index contributed by atoms with van der Waals surface area (Å²) in [5.74, 6) is -0.435. The molecule has 0 aliphatic heterocycles. The number of nitrogens with two attached hydrogens (primary N) is 1. The summed E-state index contributed by atoms with van der Waals surface area (Å²) in [6, 6.07) is 19.4. The van der Waals surface area contributed by atoms with Gasteiger partial charge in [-0.05, 0) is 60.5 Å². The van der Waals surface area contributed by atoms with Crippen molar-refractivity contribution >= 4 is 28.0 Å². The second-order valence-electron chi connectivity index (χ2n) is 7.21. The molecule has 7 heteroatoms. The molecule has 0 aliphatic carbocycles. The summed E-state index contributed by atoms with van der Waals surface area (Å²) in [7, 11) is 0. The molecule has 0 bridgehead atoms. The quantitative estimate of drug-likeness (QED) is 0.503. The highest BCUT2D eigenvalue weighted by molar-refractivity contribution is 5.95. The number of aryl methyl sites for hydroxylation is 1. The monoisotopic (exact) mass is 394 g/mol. The summed E-state index contributed by atoms with van der Waals surface area (Å²) in [6.45, 7) is 2.42. The topological polar surface area (TPSA) is 99.6 Å². The number of nitrogens with zero attached hydrogens (tertiary/aromatic N) is 5. The molecule has 5 aromatic rings. The van der Waals surface area contributed by atoms with Crippen LogP contribution in [0.3, 0.4) is 0 Å². The maximum absolute atomic E-state index is 11.5. The highest BCUT2D eigenvalue weighted by atomic mass is 16.1. The molecule has 1 amide bonds. The van der Waals surface area contributed by atoms with E-state index in [9.17, 15) is 4.79 Å². The van der Waals surface area contributed by atoms with Crippen LogP contribution in [0.1, 0.15) is 21.5 Å². The first-order chi connectivity index (χ1) is 14.6. The second kappa shape index (κ2) is 7.04. The van der Waals surface area contributed by atoms with E-state index in [2.05, 4.69) is 21.4 Å². The van der Waals surface area contributed by atoms with E-state index in [1.165, 1.54) is 0 Å². The van der Waals surface area contributed by atoms with Crippen molar-refractivity contribution in [2.75, 3.05) is 0 Å². The SMILES string of the molecule is Cc1cc(-c2ccc3nnn(Cc4ccc5ncccc5c4)c3n2)ccc1C(N)=O. The first-order valence-corrected chi connectivity index (χ1v) is 9.53. The Balaban J connectivity index is 1.52. The third kappa shape index (κ3) is 3.16. The number of carbonyl (C=O) groups is 1. The van der Waals surface area contributed by atoms with Gasteiger partial charge in [0.2, 0.25) is 5.91 Å². The van der Waals surface area contributed by atoms with E-state index < -0.39 is 5.91 Å². The van der Waals surface area contributed by atoms with Crippen molar-refractivity contribution in [3.63, 3.8) is 0 Å². The lowest BCUT2D eigenvalue weighted by Crippen LogP contribution is -2.12. The fraction of sp³-hybridized carbons (Fsp3) is 0.0870. The molecule has 5 rings (SSSR count). The van der Waals surface area contributed by atoms with Crippen LogP contribution in [0.2, 0.25) is 0 Å². The van der Waals surface area contributed by atoms with Crippen molar-refractivity contribution < 1.29 is 4.79 Å². The molecule has 3 aromatic heterocycles. The van der Waals surface area contributed by atoms with E-state index in [-0.39, 0.29) is 0 Å². The highest BCUT2D eigenvalue weighted by Gasteiger charge is 2.11. The lowest BCUT2D eigenvalue weighted by molar-refractivity contribution is 0.0999. The van der Waals surface area contributed by atoms with Crippen LogP contribution in [0.5, 0.6) is 0 Å². The molecule has 146 valence electrons. The largest absolute Gasteiger partial charge is 0.366 e. The molecule has 3 heterocycles. The van der Waals surface area contributed by atoms with Crippen LogP contribution in [-0.4, -0.2) is 30.9 Å². The number of carbonyl (C=O) groups excluding carboxylic acids is 1. The van der Waals surface area contributed by atoms with Crippen LogP contribution in [0.25, 0.3) is 33.3 Å². The zero-order valence-corrected chi connectivity index (χ0v) is 16.3. The van der Waals surface area contributed by atoms with E-state index in [4.69, 9.17) is 10.7 Å². The average Bonchev–Trinajstić information content (AvgIpc) is 3.15. The molecule has 2 N–H and O–H groups in total. The normalized spacial score (nSPS) is 11.2. The van der Waals surface area contributed by atoms with E-state index >= 15 is 0 Å². The zero-order valence-electron chi connectivity index (χ0n) is 16.3. The predicted molar refractivity (Wildman–Crippen MR) is 115 cm³/mol. The lowest BCUT2D eigenvalue weighted by Gasteiger charge is -2.07. The zero-order chi connectivity index (χ0) is 20.7. The van der Waals surface area contributed by atoms with E-state index in [1.54, 1.807) is 16.9 Å². The number of fused-ring (bicyclic) bond motifs is 2.